The molecule has 0 bridgehead atoms. The lowest BCUT2D eigenvalue weighted by Crippen LogP contribution is -2.07. The summed E-state index contributed by atoms with van der Waals surface area (Å²) in [6.07, 6.45) is 0.971. The molecule has 3 rings (SSSR count). The number of hydrogen-bond donors (Lipinski definition) is 1. The molecule has 0 atom stereocenters. The molecule has 0 aliphatic rings. The highest BCUT2D eigenvalue weighted by molar-refractivity contribution is 5.88. The Kier molecular flexibility index (Phi) is 3.98. The van der Waals surface area contributed by atoms with Crippen LogP contribution in [0.3, 0.4) is 0 Å². The lowest BCUT2D eigenvalue weighted by molar-refractivity contribution is 0.0687. The molecule has 4 heteroatoms. The molecule has 0 amide bonds. The van der Waals surface area contributed by atoms with E-state index < -0.39 is 5.97 Å². The number of carbonyl (C=O) groups is 1. The number of aryl methyl sites for hydroxylation is 2. The molecule has 0 saturated carbocycles. The van der Waals surface area contributed by atoms with Crippen LogP contribution in [0.25, 0.3) is 16.9 Å². The van der Waals surface area contributed by atoms with Crippen LogP contribution in [0.15, 0.2) is 54.6 Å². The van der Waals surface area contributed by atoms with Crippen molar-refractivity contribution in [2.75, 3.05) is 0 Å². The average molecular weight is 306 g/mol. The molecule has 1 N–H and O–H groups in total. The van der Waals surface area contributed by atoms with E-state index in [-0.39, 0.29) is 5.69 Å². The number of hydrogen-bond acceptors (Lipinski definition) is 2. The zero-order chi connectivity index (χ0) is 16.4. The van der Waals surface area contributed by atoms with Gasteiger partial charge in [-0.1, -0.05) is 43.3 Å². The standard InChI is InChI=1S/C19H18N2O2/c1-3-14-7-9-15(10-8-14)17-12-18(19(22)23)21(20-17)16-6-4-5-13(2)11-16/h4-12H,3H2,1-2H3,(H,22,23). The fraction of sp³-hybridized carbons (Fsp3) is 0.158. The van der Waals surface area contributed by atoms with Gasteiger partial charge in [-0.25, -0.2) is 9.48 Å². The third-order valence-electron chi connectivity index (χ3n) is 3.83. The molecule has 1 aromatic heterocycles. The molecule has 0 unspecified atom stereocenters. The number of aromatic carboxylic acids is 1. The van der Waals surface area contributed by atoms with Gasteiger partial charge in [0, 0.05) is 5.56 Å². The lowest BCUT2D eigenvalue weighted by Gasteiger charge is -2.05. The zero-order valence-corrected chi connectivity index (χ0v) is 13.2. The number of aromatic nitrogens is 2. The van der Waals surface area contributed by atoms with E-state index in [4.69, 9.17) is 0 Å². The highest BCUT2D eigenvalue weighted by atomic mass is 16.4. The largest absolute Gasteiger partial charge is 0.477 e. The number of carboxylic acid groups (broad SMARTS) is 1. The smallest absolute Gasteiger partial charge is 0.354 e. The van der Waals surface area contributed by atoms with E-state index in [1.165, 1.54) is 10.2 Å². The summed E-state index contributed by atoms with van der Waals surface area (Å²) in [6, 6.07) is 17.3. The van der Waals surface area contributed by atoms with E-state index in [2.05, 4.69) is 12.0 Å². The summed E-state index contributed by atoms with van der Waals surface area (Å²) in [5.74, 6) is -0.990. The van der Waals surface area contributed by atoms with Crippen molar-refractivity contribution in [3.05, 3.63) is 71.4 Å². The normalized spacial score (nSPS) is 10.7. The van der Waals surface area contributed by atoms with Crippen LogP contribution >= 0.6 is 0 Å². The highest BCUT2D eigenvalue weighted by Crippen LogP contribution is 2.23. The monoisotopic (exact) mass is 306 g/mol. The van der Waals surface area contributed by atoms with Crippen LogP contribution in [-0.2, 0) is 6.42 Å². The van der Waals surface area contributed by atoms with Crippen molar-refractivity contribution in [1.82, 2.24) is 9.78 Å². The molecular formula is C19H18N2O2. The van der Waals surface area contributed by atoms with Crippen LogP contribution in [0.4, 0.5) is 0 Å². The second kappa shape index (κ2) is 6.08. The molecule has 4 nitrogen and oxygen atoms in total. The molecular weight excluding hydrogens is 288 g/mol. The minimum atomic E-state index is -0.990. The van der Waals surface area contributed by atoms with E-state index in [1.54, 1.807) is 6.07 Å². The van der Waals surface area contributed by atoms with Crippen LogP contribution in [0.1, 0.15) is 28.5 Å². The van der Waals surface area contributed by atoms with Crippen molar-refractivity contribution in [2.45, 2.75) is 20.3 Å². The molecule has 1 heterocycles. The summed E-state index contributed by atoms with van der Waals surface area (Å²) >= 11 is 0. The second-order valence-electron chi connectivity index (χ2n) is 5.52. The molecule has 0 spiro atoms. The Balaban J connectivity index is 2.10. The quantitative estimate of drug-likeness (QED) is 0.789. The highest BCUT2D eigenvalue weighted by Gasteiger charge is 2.16. The molecule has 3 aromatic rings. The first-order valence-electron chi connectivity index (χ1n) is 7.58. The van der Waals surface area contributed by atoms with Gasteiger partial charge in [-0.3, -0.25) is 0 Å². The van der Waals surface area contributed by atoms with Gasteiger partial charge >= 0.3 is 5.97 Å². The topological polar surface area (TPSA) is 55.1 Å². The summed E-state index contributed by atoms with van der Waals surface area (Å²) in [4.78, 5) is 11.6. The van der Waals surface area contributed by atoms with Crippen molar-refractivity contribution in [1.29, 1.82) is 0 Å². The Morgan fingerprint density at radius 1 is 1.13 bits per heavy atom. The number of rotatable bonds is 4. The Labute approximate surface area is 135 Å². The molecule has 0 aliphatic carbocycles. The lowest BCUT2D eigenvalue weighted by atomic mass is 10.1. The van der Waals surface area contributed by atoms with Crippen molar-refractivity contribution >= 4 is 5.97 Å². The Hall–Kier alpha value is -2.88. The first-order valence-corrected chi connectivity index (χ1v) is 7.58. The van der Waals surface area contributed by atoms with Gasteiger partial charge in [0.1, 0.15) is 0 Å². The maximum Gasteiger partial charge on any atom is 0.354 e. The first kappa shape index (κ1) is 15.0. The van der Waals surface area contributed by atoms with Gasteiger partial charge in [0.05, 0.1) is 11.4 Å². The van der Waals surface area contributed by atoms with Gasteiger partial charge in [-0.15, -0.1) is 0 Å². The third-order valence-corrected chi connectivity index (χ3v) is 3.83. The molecule has 116 valence electrons. The van der Waals surface area contributed by atoms with E-state index in [1.807, 2.05) is 55.5 Å². The van der Waals surface area contributed by atoms with Crippen LogP contribution in [-0.4, -0.2) is 20.9 Å². The first-order chi connectivity index (χ1) is 11.1. The molecule has 23 heavy (non-hydrogen) atoms. The maximum atomic E-state index is 11.6. The number of carboxylic acids is 1. The Bertz CT molecular complexity index is 848. The predicted molar refractivity (Wildman–Crippen MR) is 90.1 cm³/mol. The second-order valence-corrected chi connectivity index (χ2v) is 5.52. The van der Waals surface area contributed by atoms with E-state index in [0.717, 1.165) is 23.2 Å². The van der Waals surface area contributed by atoms with Gasteiger partial charge in [-0.05, 0) is 42.7 Å². The molecule has 0 radical (unpaired) electrons. The summed E-state index contributed by atoms with van der Waals surface area (Å²) in [7, 11) is 0. The van der Waals surface area contributed by atoms with Gasteiger partial charge in [0.25, 0.3) is 0 Å². The van der Waals surface area contributed by atoms with Crippen molar-refractivity contribution in [2.24, 2.45) is 0 Å². The molecule has 0 aliphatic heterocycles. The fourth-order valence-electron chi connectivity index (χ4n) is 2.54. The van der Waals surface area contributed by atoms with Crippen molar-refractivity contribution < 1.29 is 9.90 Å². The van der Waals surface area contributed by atoms with Crippen molar-refractivity contribution in [3.8, 4) is 16.9 Å². The summed E-state index contributed by atoms with van der Waals surface area (Å²) in [5, 5.41) is 14.0. The Morgan fingerprint density at radius 3 is 2.48 bits per heavy atom. The van der Waals surface area contributed by atoms with E-state index in [9.17, 15) is 9.90 Å². The Morgan fingerprint density at radius 2 is 1.87 bits per heavy atom. The molecule has 0 fully saturated rings. The van der Waals surface area contributed by atoms with E-state index >= 15 is 0 Å². The summed E-state index contributed by atoms with van der Waals surface area (Å²) in [5.41, 5.74) is 4.78. The number of nitrogens with zero attached hydrogens (tertiary/aromatic N) is 2. The van der Waals surface area contributed by atoms with Crippen LogP contribution in [0.5, 0.6) is 0 Å². The van der Waals surface area contributed by atoms with E-state index in [0.29, 0.717) is 5.69 Å². The predicted octanol–water partition coefficient (Wildman–Crippen LogP) is 4.11. The van der Waals surface area contributed by atoms with Gasteiger partial charge in [-0.2, -0.15) is 5.10 Å². The summed E-state index contributed by atoms with van der Waals surface area (Å²) < 4.78 is 1.48. The number of benzene rings is 2. The molecule has 0 saturated heterocycles. The third kappa shape index (κ3) is 3.01. The fourth-order valence-corrected chi connectivity index (χ4v) is 2.54. The zero-order valence-electron chi connectivity index (χ0n) is 13.2. The van der Waals surface area contributed by atoms with Gasteiger partial charge in [0.2, 0.25) is 0 Å². The van der Waals surface area contributed by atoms with Crippen LogP contribution < -0.4 is 0 Å². The van der Waals surface area contributed by atoms with Crippen LogP contribution in [0.2, 0.25) is 0 Å². The van der Waals surface area contributed by atoms with Crippen LogP contribution in [0, 0.1) is 6.92 Å². The van der Waals surface area contributed by atoms with Crippen molar-refractivity contribution in [3.63, 3.8) is 0 Å². The minimum Gasteiger partial charge on any atom is -0.477 e. The minimum absolute atomic E-state index is 0.158. The maximum absolute atomic E-state index is 11.6. The molecule has 2 aromatic carbocycles. The van der Waals surface area contributed by atoms with Gasteiger partial charge in [0.15, 0.2) is 5.69 Å². The van der Waals surface area contributed by atoms with Gasteiger partial charge < -0.3 is 5.11 Å². The average Bonchev–Trinajstić information content (AvgIpc) is 3.00. The summed E-state index contributed by atoms with van der Waals surface area (Å²) in [6.45, 7) is 4.07. The SMILES string of the molecule is CCc1ccc(-c2cc(C(=O)O)n(-c3cccc(C)c3)n2)cc1.